The van der Waals surface area contributed by atoms with Crippen LogP contribution >= 0.6 is 0 Å². The highest BCUT2D eigenvalue weighted by molar-refractivity contribution is 5.35. The molecule has 0 amide bonds. The number of rotatable bonds is 2. The van der Waals surface area contributed by atoms with Gasteiger partial charge in [0.25, 0.3) is 0 Å². The van der Waals surface area contributed by atoms with Gasteiger partial charge in [-0.15, -0.1) is 0 Å². The van der Waals surface area contributed by atoms with Crippen molar-refractivity contribution in [3.05, 3.63) is 29.3 Å². The Morgan fingerprint density at radius 2 is 2.09 bits per heavy atom. The molecule has 0 aromatic heterocycles. The quantitative estimate of drug-likeness (QED) is 0.673. The molecule has 0 heterocycles. The first-order valence-electron chi connectivity index (χ1n) is 3.69. The van der Waals surface area contributed by atoms with Crippen LogP contribution in [0.1, 0.15) is 18.1 Å². The average molecular weight is 152 g/mol. The summed E-state index contributed by atoms with van der Waals surface area (Å²) in [7, 11) is 0. The van der Waals surface area contributed by atoms with Crippen LogP contribution in [0.4, 0.5) is 0 Å². The largest absolute Gasteiger partial charge is 0.508 e. The third-order valence-corrected chi connectivity index (χ3v) is 1.71. The van der Waals surface area contributed by atoms with Crippen LogP contribution in [-0.2, 0) is 13.0 Å². The van der Waals surface area contributed by atoms with Crippen LogP contribution < -0.4 is 0 Å². The maximum Gasteiger partial charge on any atom is 0.119 e. The minimum atomic E-state index is -0.0163. The molecule has 2 nitrogen and oxygen atoms in total. The van der Waals surface area contributed by atoms with Gasteiger partial charge in [0.05, 0.1) is 6.61 Å². The molecule has 0 aliphatic rings. The molecule has 0 radical (unpaired) electrons. The minimum Gasteiger partial charge on any atom is -0.508 e. The summed E-state index contributed by atoms with van der Waals surface area (Å²) < 4.78 is 0. The van der Waals surface area contributed by atoms with Gasteiger partial charge in [0.1, 0.15) is 5.75 Å². The summed E-state index contributed by atoms with van der Waals surface area (Å²) in [5.41, 5.74) is 1.67. The molecule has 0 fully saturated rings. The SMILES string of the molecule is CCc1ccc(CO)cc1O. The zero-order valence-electron chi connectivity index (χ0n) is 6.54. The first-order chi connectivity index (χ1) is 5.27. The van der Waals surface area contributed by atoms with E-state index in [2.05, 4.69) is 0 Å². The van der Waals surface area contributed by atoms with E-state index in [1.54, 1.807) is 6.07 Å². The van der Waals surface area contributed by atoms with Gasteiger partial charge in [0.2, 0.25) is 0 Å². The molecule has 0 saturated carbocycles. The van der Waals surface area contributed by atoms with Crippen molar-refractivity contribution in [1.29, 1.82) is 0 Å². The highest BCUT2D eigenvalue weighted by Gasteiger charge is 1.98. The highest BCUT2D eigenvalue weighted by atomic mass is 16.3. The number of benzene rings is 1. The number of hydrogen-bond donors (Lipinski definition) is 2. The van der Waals surface area contributed by atoms with Crippen molar-refractivity contribution in [3.63, 3.8) is 0 Å². The van der Waals surface area contributed by atoms with E-state index in [1.807, 2.05) is 19.1 Å². The Kier molecular flexibility index (Phi) is 2.49. The number of phenols is 1. The van der Waals surface area contributed by atoms with Crippen LogP contribution in [0, 0.1) is 0 Å². The molecule has 0 atom stereocenters. The summed E-state index contributed by atoms with van der Waals surface area (Å²) in [5, 5.41) is 18.0. The van der Waals surface area contributed by atoms with E-state index in [-0.39, 0.29) is 12.4 Å². The third-order valence-electron chi connectivity index (χ3n) is 1.71. The standard InChI is InChI=1S/C9H12O2/c1-2-8-4-3-7(6-10)5-9(8)11/h3-5,10-11H,2,6H2,1H3. The molecular formula is C9H12O2. The first-order valence-corrected chi connectivity index (χ1v) is 3.69. The molecule has 2 N–H and O–H groups in total. The Balaban J connectivity index is 2.99. The number of aryl methyl sites for hydroxylation is 1. The van der Waals surface area contributed by atoms with Crippen LogP contribution in [0.3, 0.4) is 0 Å². The normalized spacial score (nSPS) is 10.0. The zero-order chi connectivity index (χ0) is 8.27. The van der Waals surface area contributed by atoms with Crippen molar-refractivity contribution in [1.82, 2.24) is 0 Å². The monoisotopic (exact) mass is 152 g/mol. The summed E-state index contributed by atoms with van der Waals surface area (Å²) in [6.07, 6.45) is 0.817. The fourth-order valence-electron chi connectivity index (χ4n) is 1.01. The van der Waals surface area contributed by atoms with E-state index in [4.69, 9.17) is 5.11 Å². The lowest BCUT2D eigenvalue weighted by molar-refractivity contribution is 0.281. The van der Waals surface area contributed by atoms with E-state index < -0.39 is 0 Å². The molecule has 0 aliphatic heterocycles. The summed E-state index contributed by atoms with van der Waals surface area (Å²) >= 11 is 0. The maximum atomic E-state index is 9.31. The summed E-state index contributed by atoms with van der Waals surface area (Å²) in [5.74, 6) is 0.277. The van der Waals surface area contributed by atoms with Gasteiger partial charge in [-0.3, -0.25) is 0 Å². The average Bonchev–Trinajstić information content (AvgIpc) is 2.04. The summed E-state index contributed by atoms with van der Waals surface area (Å²) in [6, 6.07) is 5.25. The van der Waals surface area contributed by atoms with E-state index in [0.717, 1.165) is 17.5 Å². The molecule has 1 rings (SSSR count). The predicted molar refractivity (Wildman–Crippen MR) is 43.4 cm³/mol. The van der Waals surface area contributed by atoms with E-state index in [0.29, 0.717) is 0 Å². The Morgan fingerprint density at radius 3 is 2.55 bits per heavy atom. The van der Waals surface area contributed by atoms with Crippen molar-refractivity contribution < 1.29 is 10.2 Å². The smallest absolute Gasteiger partial charge is 0.119 e. The lowest BCUT2D eigenvalue weighted by Gasteiger charge is -2.02. The summed E-state index contributed by atoms with van der Waals surface area (Å²) in [4.78, 5) is 0. The van der Waals surface area contributed by atoms with Crippen LogP contribution in [0.25, 0.3) is 0 Å². The van der Waals surface area contributed by atoms with E-state index in [1.165, 1.54) is 0 Å². The Morgan fingerprint density at radius 1 is 1.36 bits per heavy atom. The van der Waals surface area contributed by atoms with Crippen molar-refractivity contribution >= 4 is 0 Å². The molecule has 1 aromatic carbocycles. The number of aliphatic hydroxyl groups excluding tert-OH is 1. The number of aliphatic hydroxyl groups is 1. The number of hydrogen-bond acceptors (Lipinski definition) is 2. The fourth-order valence-corrected chi connectivity index (χ4v) is 1.01. The zero-order valence-corrected chi connectivity index (χ0v) is 6.54. The third kappa shape index (κ3) is 1.71. The molecular weight excluding hydrogens is 140 g/mol. The molecule has 0 saturated heterocycles. The van der Waals surface area contributed by atoms with E-state index in [9.17, 15) is 5.11 Å². The lowest BCUT2D eigenvalue weighted by Crippen LogP contribution is -1.86. The van der Waals surface area contributed by atoms with Crippen molar-refractivity contribution in [2.45, 2.75) is 20.0 Å². The van der Waals surface area contributed by atoms with Gasteiger partial charge in [-0.25, -0.2) is 0 Å². The lowest BCUT2D eigenvalue weighted by atomic mass is 10.1. The van der Waals surface area contributed by atoms with Crippen molar-refractivity contribution in [2.24, 2.45) is 0 Å². The second-order valence-electron chi connectivity index (χ2n) is 2.47. The van der Waals surface area contributed by atoms with Gasteiger partial charge in [0, 0.05) is 0 Å². The van der Waals surface area contributed by atoms with Crippen LogP contribution in [-0.4, -0.2) is 10.2 Å². The van der Waals surface area contributed by atoms with Gasteiger partial charge in [-0.2, -0.15) is 0 Å². The molecule has 0 bridgehead atoms. The Bertz CT molecular complexity index is 243. The van der Waals surface area contributed by atoms with Gasteiger partial charge in [-0.1, -0.05) is 19.1 Å². The second-order valence-corrected chi connectivity index (χ2v) is 2.47. The van der Waals surface area contributed by atoms with Gasteiger partial charge in [-0.05, 0) is 23.6 Å². The molecule has 0 unspecified atom stereocenters. The van der Waals surface area contributed by atoms with Gasteiger partial charge in [0.15, 0.2) is 0 Å². The first kappa shape index (κ1) is 8.08. The molecule has 0 aliphatic carbocycles. The predicted octanol–water partition coefficient (Wildman–Crippen LogP) is 1.45. The van der Waals surface area contributed by atoms with E-state index >= 15 is 0 Å². The minimum absolute atomic E-state index is 0.0163. The molecule has 2 heteroatoms. The maximum absolute atomic E-state index is 9.31. The van der Waals surface area contributed by atoms with Crippen molar-refractivity contribution in [2.75, 3.05) is 0 Å². The summed E-state index contributed by atoms with van der Waals surface area (Å²) in [6.45, 7) is 1.96. The number of phenolic OH excluding ortho intramolecular Hbond substituents is 1. The molecule has 60 valence electrons. The fraction of sp³-hybridized carbons (Fsp3) is 0.333. The Hall–Kier alpha value is -1.02. The topological polar surface area (TPSA) is 40.5 Å². The van der Waals surface area contributed by atoms with Gasteiger partial charge >= 0.3 is 0 Å². The number of aromatic hydroxyl groups is 1. The van der Waals surface area contributed by atoms with Crippen molar-refractivity contribution in [3.8, 4) is 5.75 Å². The highest BCUT2D eigenvalue weighted by Crippen LogP contribution is 2.18. The molecule has 1 aromatic rings. The molecule has 11 heavy (non-hydrogen) atoms. The van der Waals surface area contributed by atoms with Crippen LogP contribution in [0.15, 0.2) is 18.2 Å². The van der Waals surface area contributed by atoms with Gasteiger partial charge < -0.3 is 10.2 Å². The Labute approximate surface area is 66.1 Å². The van der Waals surface area contributed by atoms with Crippen LogP contribution in [0.2, 0.25) is 0 Å². The van der Waals surface area contributed by atoms with Crippen LogP contribution in [0.5, 0.6) is 5.75 Å². The molecule has 0 spiro atoms. The second kappa shape index (κ2) is 3.39.